The lowest BCUT2D eigenvalue weighted by Gasteiger charge is -2.23. The lowest BCUT2D eigenvalue weighted by Crippen LogP contribution is -2.45. The minimum Gasteiger partial charge on any atom is -0.348 e. The van der Waals surface area contributed by atoms with Crippen molar-refractivity contribution in [2.24, 2.45) is 0 Å². The quantitative estimate of drug-likeness (QED) is 0.796. The van der Waals surface area contributed by atoms with Gasteiger partial charge >= 0.3 is 0 Å². The molecular formula is C13H15N3O. The molecule has 4 heteroatoms. The van der Waals surface area contributed by atoms with E-state index < -0.39 is 0 Å². The molecule has 1 atom stereocenters. The fraction of sp³-hybridized carbons (Fsp3) is 0.385. The largest absolute Gasteiger partial charge is 0.348 e. The van der Waals surface area contributed by atoms with Crippen molar-refractivity contribution in [3.63, 3.8) is 0 Å². The number of hydrogen-bond acceptors (Lipinski definition) is 3. The van der Waals surface area contributed by atoms with Crippen LogP contribution in [0.2, 0.25) is 0 Å². The van der Waals surface area contributed by atoms with E-state index in [9.17, 15) is 4.79 Å². The predicted molar refractivity (Wildman–Crippen MR) is 64.5 cm³/mol. The van der Waals surface area contributed by atoms with Crippen molar-refractivity contribution in [1.82, 2.24) is 10.6 Å². The molecule has 0 saturated carbocycles. The van der Waals surface area contributed by atoms with Crippen LogP contribution in [0, 0.1) is 11.3 Å². The summed E-state index contributed by atoms with van der Waals surface area (Å²) >= 11 is 0. The highest BCUT2D eigenvalue weighted by Gasteiger charge is 2.16. The average molecular weight is 229 g/mol. The minimum atomic E-state index is -0.101. The highest BCUT2D eigenvalue weighted by atomic mass is 16.1. The van der Waals surface area contributed by atoms with E-state index in [4.69, 9.17) is 5.26 Å². The number of hydrogen-bond donors (Lipinski definition) is 2. The number of carbonyl (C=O) groups excluding carboxylic acids is 1. The van der Waals surface area contributed by atoms with Gasteiger partial charge in [0.1, 0.15) is 0 Å². The van der Waals surface area contributed by atoms with Crippen molar-refractivity contribution in [2.45, 2.75) is 18.9 Å². The van der Waals surface area contributed by atoms with Crippen molar-refractivity contribution in [2.75, 3.05) is 13.1 Å². The number of piperidine rings is 1. The number of rotatable bonds is 2. The van der Waals surface area contributed by atoms with Crippen LogP contribution in [-0.2, 0) is 0 Å². The number of carbonyl (C=O) groups is 1. The summed E-state index contributed by atoms with van der Waals surface area (Å²) in [5.41, 5.74) is 1.06. The van der Waals surface area contributed by atoms with Crippen LogP contribution in [0.5, 0.6) is 0 Å². The zero-order valence-electron chi connectivity index (χ0n) is 9.57. The van der Waals surface area contributed by atoms with Gasteiger partial charge in [-0.1, -0.05) is 6.07 Å². The van der Waals surface area contributed by atoms with Crippen LogP contribution >= 0.6 is 0 Å². The smallest absolute Gasteiger partial charge is 0.251 e. The van der Waals surface area contributed by atoms with Gasteiger partial charge in [0.05, 0.1) is 11.6 Å². The summed E-state index contributed by atoms with van der Waals surface area (Å²) in [6.07, 6.45) is 2.10. The molecule has 1 heterocycles. The molecule has 4 nitrogen and oxygen atoms in total. The molecule has 2 N–H and O–H groups in total. The molecule has 1 aliphatic rings. The average Bonchev–Trinajstić information content (AvgIpc) is 2.40. The highest BCUT2D eigenvalue weighted by Crippen LogP contribution is 2.06. The zero-order chi connectivity index (χ0) is 12.1. The lowest BCUT2D eigenvalue weighted by molar-refractivity contribution is 0.0930. The van der Waals surface area contributed by atoms with Crippen LogP contribution < -0.4 is 10.6 Å². The second-order valence-corrected chi connectivity index (χ2v) is 4.21. The predicted octanol–water partition coefficient (Wildman–Crippen LogP) is 1.04. The van der Waals surface area contributed by atoms with Gasteiger partial charge in [0.25, 0.3) is 5.91 Å². The van der Waals surface area contributed by atoms with Crippen molar-refractivity contribution in [3.8, 4) is 6.07 Å². The van der Waals surface area contributed by atoms with E-state index in [0.29, 0.717) is 11.1 Å². The highest BCUT2D eigenvalue weighted by molar-refractivity contribution is 5.94. The molecule has 1 amide bonds. The third-order valence-corrected chi connectivity index (χ3v) is 2.89. The van der Waals surface area contributed by atoms with Crippen LogP contribution in [-0.4, -0.2) is 25.0 Å². The van der Waals surface area contributed by atoms with Crippen LogP contribution in [0.15, 0.2) is 24.3 Å². The standard InChI is InChI=1S/C13H15N3O/c14-8-10-3-1-4-11(7-10)13(17)16-12-5-2-6-15-9-12/h1,3-4,7,12,15H,2,5-6,9H2,(H,16,17)/t12-/m1/s1. The Hall–Kier alpha value is -1.86. The third kappa shape index (κ3) is 3.05. The molecule has 0 radical (unpaired) electrons. The van der Waals surface area contributed by atoms with Gasteiger partial charge in [-0.15, -0.1) is 0 Å². The van der Waals surface area contributed by atoms with Crippen LogP contribution in [0.3, 0.4) is 0 Å². The normalized spacial score (nSPS) is 19.4. The van der Waals surface area contributed by atoms with Gasteiger partial charge in [-0.05, 0) is 37.6 Å². The van der Waals surface area contributed by atoms with Gasteiger partial charge in [0.15, 0.2) is 0 Å². The molecule has 0 bridgehead atoms. The summed E-state index contributed by atoms with van der Waals surface area (Å²) in [6, 6.07) is 9.00. The molecule has 2 rings (SSSR count). The number of amides is 1. The van der Waals surface area contributed by atoms with E-state index >= 15 is 0 Å². The molecular weight excluding hydrogens is 214 g/mol. The first-order valence-corrected chi connectivity index (χ1v) is 5.81. The van der Waals surface area contributed by atoms with Gasteiger partial charge in [0.2, 0.25) is 0 Å². The Kier molecular flexibility index (Phi) is 3.73. The molecule has 17 heavy (non-hydrogen) atoms. The SMILES string of the molecule is N#Cc1cccc(C(=O)N[C@@H]2CCCNC2)c1. The van der Waals surface area contributed by atoms with E-state index in [1.807, 2.05) is 6.07 Å². The Morgan fingerprint density at radius 3 is 3.12 bits per heavy atom. The molecule has 1 aliphatic heterocycles. The summed E-state index contributed by atoms with van der Waals surface area (Å²) in [6.45, 7) is 1.85. The third-order valence-electron chi connectivity index (χ3n) is 2.89. The van der Waals surface area contributed by atoms with E-state index in [-0.39, 0.29) is 11.9 Å². The Morgan fingerprint density at radius 1 is 1.53 bits per heavy atom. The Morgan fingerprint density at radius 2 is 2.41 bits per heavy atom. The summed E-state index contributed by atoms with van der Waals surface area (Å²) in [5, 5.41) is 15.0. The van der Waals surface area contributed by atoms with Crippen molar-refractivity contribution >= 4 is 5.91 Å². The molecule has 1 aromatic rings. The van der Waals surface area contributed by atoms with Crippen LogP contribution in [0.1, 0.15) is 28.8 Å². The monoisotopic (exact) mass is 229 g/mol. The van der Waals surface area contributed by atoms with Gasteiger partial charge in [-0.25, -0.2) is 0 Å². The maximum atomic E-state index is 11.9. The number of nitrogens with zero attached hydrogens (tertiary/aromatic N) is 1. The summed E-state index contributed by atoms with van der Waals surface area (Å²) in [7, 11) is 0. The molecule has 0 aliphatic carbocycles. The second kappa shape index (κ2) is 5.46. The van der Waals surface area contributed by atoms with Gasteiger partial charge in [0, 0.05) is 18.2 Å². The number of benzene rings is 1. The Balaban J connectivity index is 2.01. The Bertz CT molecular complexity index is 444. The molecule has 88 valence electrons. The first kappa shape index (κ1) is 11.6. The topological polar surface area (TPSA) is 64.9 Å². The minimum absolute atomic E-state index is 0.101. The molecule has 0 spiro atoms. The first-order chi connectivity index (χ1) is 8.29. The maximum absolute atomic E-state index is 11.9. The maximum Gasteiger partial charge on any atom is 0.251 e. The molecule has 1 aromatic carbocycles. The molecule has 1 saturated heterocycles. The first-order valence-electron chi connectivity index (χ1n) is 5.81. The summed E-state index contributed by atoms with van der Waals surface area (Å²) in [5.74, 6) is -0.101. The van der Waals surface area contributed by atoms with Crippen LogP contribution in [0.4, 0.5) is 0 Å². The number of nitrogens with one attached hydrogen (secondary N) is 2. The van der Waals surface area contributed by atoms with Crippen molar-refractivity contribution in [3.05, 3.63) is 35.4 Å². The van der Waals surface area contributed by atoms with Gasteiger partial charge in [-0.2, -0.15) is 5.26 Å². The molecule has 0 unspecified atom stereocenters. The summed E-state index contributed by atoms with van der Waals surface area (Å²) in [4.78, 5) is 11.9. The van der Waals surface area contributed by atoms with E-state index in [1.165, 1.54) is 0 Å². The van der Waals surface area contributed by atoms with Crippen molar-refractivity contribution in [1.29, 1.82) is 5.26 Å². The van der Waals surface area contributed by atoms with Gasteiger partial charge < -0.3 is 10.6 Å². The lowest BCUT2D eigenvalue weighted by atomic mass is 10.1. The fourth-order valence-electron chi connectivity index (χ4n) is 1.97. The zero-order valence-corrected chi connectivity index (χ0v) is 9.57. The molecule has 0 aromatic heterocycles. The Labute approximate surface area is 101 Å². The summed E-state index contributed by atoms with van der Waals surface area (Å²) < 4.78 is 0. The number of nitriles is 1. The van der Waals surface area contributed by atoms with Gasteiger partial charge in [-0.3, -0.25) is 4.79 Å². The fourth-order valence-corrected chi connectivity index (χ4v) is 1.97. The molecule has 1 fully saturated rings. The van der Waals surface area contributed by atoms with Crippen LogP contribution in [0.25, 0.3) is 0 Å². The van der Waals surface area contributed by atoms with E-state index in [2.05, 4.69) is 10.6 Å². The van der Waals surface area contributed by atoms with E-state index in [0.717, 1.165) is 25.9 Å². The van der Waals surface area contributed by atoms with Crippen molar-refractivity contribution < 1.29 is 4.79 Å². The van der Waals surface area contributed by atoms with E-state index in [1.54, 1.807) is 24.3 Å². The second-order valence-electron chi connectivity index (χ2n) is 4.21.